The van der Waals surface area contributed by atoms with Gasteiger partial charge in [0, 0.05) is 16.7 Å². The van der Waals surface area contributed by atoms with E-state index in [1.54, 1.807) is 35.9 Å². The third-order valence-corrected chi connectivity index (χ3v) is 4.24. The van der Waals surface area contributed by atoms with Gasteiger partial charge < -0.3 is 4.42 Å². The molecule has 0 bridgehead atoms. The molecule has 0 atom stereocenters. The molecule has 8 heteroatoms. The van der Waals surface area contributed by atoms with Gasteiger partial charge >= 0.3 is 0 Å². The number of hydrogen-bond acceptors (Lipinski definition) is 5. The number of aryl methyl sites for hydroxylation is 1. The quantitative estimate of drug-likeness (QED) is 0.539. The molecule has 0 aliphatic rings. The maximum Gasteiger partial charge on any atom is 0.263 e. The van der Waals surface area contributed by atoms with Gasteiger partial charge in [-0.05, 0) is 55.7 Å². The van der Waals surface area contributed by atoms with Gasteiger partial charge in [0.2, 0.25) is 5.16 Å². The molecule has 1 amide bonds. The highest BCUT2D eigenvalue weighted by molar-refractivity contribution is 7.98. The Morgan fingerprint density at radius 1 is 1.24 bits per heavy atom. The minimum Gasteiger partial charge on any atom is -0.457 e. The number of nitrogens with zero attached hydrogens (tertiary/aromatic N) is 3. The fraction of sp³-hybridized carbons (Fsp3) is 0.118. The van der Waals surface area contributed by atoms with Crippen molar-refractivity contribution in [1.82, 2.24) is 14.9 Å². The highest BCUT2D eigenvalue weighted by Gasteiger charge is 2.09. The Labute approximate surface area is 153 Å². The summed E-state index contributed by atoms with van der Waals surface area (Å²) in [6, 6.07) is 11.0. The van der Waals surface area contributed by atoms with Gasteiger partial charge in [0.1, 0.15) is 17.3 Å². The third-order valence-electron chi connectivity index (χ3n) is 3.35. The number of hydrogen-bond donors (Lipinski definition) is 1. The number of thioether (sulfide) groups is 1. The Morgan fingerprint density at radius 2 is 2.00 bits per heavy atom. The van der Waals surface area contributed by atoms with Crippen LogP contribution < -0.4 is 5.43 Å². The molecule has 3 aromatic rings. The van der Waals surface area contributed by atoms with Crippen molar-refractivity contribution in [3.8, 4) is 11.3 Å². The second-order valence-corrected chi connectivity index (χ2v) is 6.30. The number of nitrogens with one attached hydrogen (secondary N) is 1. The van der Waals surface area contributed by atoms with Crippen molar-refractivity contribution in [2.24, 2.45) is 0 Å². The summed E-state index contributed by atoms with van der Waals surface area (Å²) in [6.07, 6.45) is 4.87. The predicted molar refractivity (Wildman–Crippen MR) is 99.1 cm³/mol. The van der Waals surface area contributed by atoms with Crippen LogP contribution >= 0.6 is 23.4 Å². The molecule has 3 rings (SSSR count). The van der Waals surface area contributed by atoms with Crippen LogP contribution in [0.5, 0.6) is 0 Å². The molecule has 1 aromatic carbocycles. The van der Waals surface area contributed by atoms with E-state index in [1.165, 1.54) is 17.8 Å². The summed E-state index contributed by atoms with van der Waals surface area (Å²) in [6.45, 7) is 1.77. The zero-order chi connectivity index (χ0) is 17.8. The van der Waals surface area contributed by atoms with Gasteiger partial charge in [-0.25, -0.2) is 4.68 Å². The lowest BCUT2D eigenvalue weighted by molar-refractivity contribution is -0.112. The van der Waals surface area contributed by atoms with Crippen molar-refractivity contribution in [2.75, 3.05) is 11.7 Å². The van der Waals surface area contributed by atoms with Gasteiger partial charge in [-0.15, -0.1) is 10.2 Å². The molecule has 0 aliphatic carbocycles. The molecule has 1 N–H and O–H groups in total. The Kier molecular flexibility index (Phi) is 5.25. The number of carbonyl (C=O) groups excluding carboxylic acids is 1. The Morgan fingerprint density at radius 3 is 2.72 bits per heavy atom. The summed E-state index contributed by atoms with van der Waals surface area (Å²) in [5.41, 5.74) is 3.63. The predicted octanol–water partition coefficient (Wildman–Crippen LogP) is 4.01. The average molecular weight is 375 g/mol. The van der Waals surface area contributed by atoms with Crippen LogP contribution in [0.2, 0.25) is 5.02 Å². The highest BCUT2D eigenvalue weighted by Crippen LogP contribution is 2.24. The van der Waals surface area contributed by atoms with E-state index in [9.17, 15) is 4.79 Å². The fourth-order valence-corrected chi connectivity index (χ4v) is 2.73. The summed E-state index contributed by atoms with van der Waals surface area (Å²) in [5, 5.41) is 9.17. The van der Waals surface area contributed by atoms with Crippen LogP contribution in [0, 0.1) is 6.92 Å². The van der Waals surface area contributed by atoms with E-state index in [0.717, 1.165) is 5.56 Å². The second-order valence-electron chi connectivity index (χ2n) is 5.09. The number of aromatic nitrogens is 3. The summed E-state index contributed by atoms with van der Waals surface area (Å²) in [5.74, 6) is 1.58. The van der Waals surface area contributed by atoms with Crippen molar-refractivity contribution >= 4 is 35.3 Å². The zero-order valence-corrected chi connectivity index (χ0v) is 15.1. The molecule has 0 radical (unpaired) electrons. The second kappa shape index (κ2) is 7.58. The summed E-state index contributed by atoms with van der Waals surface area (Å²) in [4.78, 5) is 12.1. The third kappa shape index (κ3) is 4.12. The molecular weight excluding hydrogens is 360 g/mol. The lowest BCUT2D eigenvalue weighted by Gasteiger charge is -2.06. The fourth-order valence-electron chi connectivity index (χ4n) is 2.12. The average Bonchev–Trinajstić information content (AvgIpc) is 3.21. The molecule has 0 fully saturated rings. The highest BCUT2D eigenvalue weighted by atomic mass is 35.5. The molecule has 0 saturated carbocycles. The van der Waals surface area contributed by atoms with E-state index in [4.69, 9.17) is 16.0 Å². The molecule has 0 spiro atoms. The van der Waals surface area contributed by atoms with Crippen molar-refractivity contribution in [1.29, 1.82) is 0 Å². The summed E-state index contributed by atoms with van der Waals surface area (Å²) in [7, 11) is 0. The zero-order valence-electron chi connectivity index (χ0n) is 13.6. The monoisotopic (exact) mass is 374 g/mol. The Bertz CT molecular complexity index is 915. The van der Waals surface area contributed by atoms with Gasteiger partial charge in [-0.2, -0.15) is 0 Å². The van der Waals surface area contributed by atoms with E-state index in [0.29, 0.717) is 27.5 Å². The molecule has 2 aromatic heterocycles. The van der Waals surface area contributed by atoms with E-state index in [-0.39, 0.29) is 5.91 Å². The smallest absolute Gasteiger partial charge is 0.263 e. The van der Waals surface area contributed by atoms with Crippen LogP contribution in [-0.4, -0.2) is 27.0 Å². The van der Waals surface area contributed by atoms with E-state index < -0.39 is 0 Å². The van der Waals surface area contributed by atoms with Gasteiger partial charge in [0.15, 0.2) is 0 Å². The molecule has 0 saturated heterocycles. The molecule has 128 valence electrons. The number of halogens is 1. The van der Waals surface area contributed by atoms with Gasteiger partial charge in [0.05, 0.1) is 0 Å². The van der Waals surface area contributed by atoms with E-state index in [1.807, 2.05) is 24.5 Å². The first-order valence-corrected chi connectivity index (χ1v) is 8.98. The lowest BCUT2D eigenvalue weighted by atomic mass is 10.2. The van der Waals surface area contributed by atoms with Crippen LogP contribution in [0.3, 0.4) is 0 Å². The first-order valence-electron chi connectivity index (χ1n) is 7.37. The molecule has 25 heavy (non-hydrogen) atoms. The minimum absolute atomic E-state index is 0.303. The number of amides is 1. The van der Waals surface area contributed by atoms with Crippen LogP contribution in [0.25, 0.3) is 17.4 Å². The number of furan rings is 1. The topological polar surface area (TPSA) is 73.0 Å². The van der Waals surface area contributed by atoms with Gasteiger partial charge in [-0.3, -0.25) is 10.2 Å². The summed E-state index contributed by atoms with van der Waals surface area (Å²) >= 11 is 7.28. The largest absolute Gasteiger partial charge is 0.457 e. The first-order chi connectivity index (χ1) is 12.1. The van der Waals surface area contributed by atoms with Gasteiger partial charge in [-0.1, -0.05) is 23.4 Å². The maximum atomic E-state index is 12.1. The van der Waals surface area contributed by atoms with Crippen LogP contribution in [0.1, 0.15) is 11.6 Å². The van der Waals surface area contributed by atoms with Crippen molar-refractivity contribution in [3.05, 3.63) is 59.1 Å². The summed E-state index contributed by atoms with van der Waals surface area (Å²) < 4.78 is 7.26. The van der Waals surface area contributed by atoms with E-state index in [2.05, 4.69) is 15.6 Å². The Balaban J connectivity index is 1.69. The van der Waals surface area contributed by atoms with E-state index >= 15 is 0 Å². The lowest BCUT2D eigenvalue weighted by Crippen LogP contribution is -2.22. The standard InChI is InChI=1S/C17H15ClN4O2S/c1-11-19-20-17(25-2)22(11)21-16(23)10-8-14-7-9-15(24-14)12-3-5-13(18)6-4-12/h3-10H,1-2H3,(H,21,23)/b10-8+. The first kappa shape index (κ1) is 17.3. The van der Waals surface area contributed by atoms with Crippen LogP contribution in [0.4, 0.5) is 0 Å². The normalized spacial score (nSPS) is 11.2. The maximum absolute atomic E-state index is 12.1. The molecule has 0 unspecified atom stereocenters. The van der Waals surface area contributed by atoms with Crippen molar-refractivity contribution < 1.29 is 9.21 Å². The SMILES string of the molecule is CSc1nnc(C)n1NC(=O)/C=C/c1ccc(-c2ccc(Cl)cc2)o1. The van der Waals surface area contributed by atoms with Crippen molar-refractivity contribution in [2.45, 2.75) is 12.1 Å². The van der Waals surface area contributed by atoms with Gasteiger partial charge in [0.25, 0.3) is 5.91 Å². The Hall–Kier alpha value is -2.51. The van der Waals surface area contributed by atoms with Crippen molar-refractivity contribution in [3.63, 3.8) is 0 Å². The van der Waals surface area contributed by atoms with Crippen LogP contribution in [0.15, 0.2) is 52.0 Å². The molecular formula is C17H15ClN4O2S. The number of carbonyl (C=O) groups is 1. The number of benzene rings is 1. The van der Waals surface area contributed by atoms with Crippen LogP contribution in [-0.2, 0) is 4.79 Å². The minimum atomic E-state index is -0.303. The number of rotatable bonds is 5. The molecule has 6 nitrogen and oxygen atoms in total. The molecule has 0 aliphatic heterocycles. The molecule has 2 heterocycles.